The maximum absolute atomic E-state index is 11.0. The van der Waals surface area contributed by atoms with Crippen LogP contribution in [0.4, 0.5) is 0 Å². The Labute approximate surface area is 94.2 Å². The summed E-state index contributed by atoms with van der Waals surface area (Å²) in [4.78, 5) is 13.2. The standard InChI is InChI=1S/C12H26N2O/c1-7-12(8-9(2)14(5)6)10(3)13-11(4)15/h9-10,12H,7-8H2,1-6H3,(H,13,15). The third-order valence-corrected chi connectivity index (χ3v) is 3.19. The Bertz CT molecular complexity index is 192. The zero-order valence-electron chi connectivity index (χ0n) is 11.0. The van der Waals surface area contributed by atoms with Crippen LogP contribution in [0.2, 0.25) is 0 Å². The van der Waals surface area contributed by atoms with Crippen LogP contribution in [0.1, 0.15) is 40.5 Å². The molecule has 0 aliphatic carbocycles. The molecule has 0 aliphatic rings. The number of carbonyl (C=O) groups excluding carboxylic acids is 1. The van der Waals surface area contributed by atoms with Gasteiger partial charge >= 0.3 is 0 Å². The Hall–Kier alpha value is -0.570. The summed E-state index contributed by atoms with van der Waals surface area (Å²) in [6.45, 7) is 8.09. The van der Waals surface area contributed by atoms with E-state index >= 15 is 0 Å². The van der Waals surface area contributed by atoms with E-state index in [0.29, 0.717) is 12.0 Å². The first-order chi connectivity index (χ1) is 6.88. The van der Waals surface area contributed by atoms with Crippen LogP contribution in [0.25, 0.3) is 0 Å². The Balaban J connectivity index is 4.17. The monoisotopic (exact) mass is 214 g/mol. The highest BCUT2D eigenvalue weighted by atomic mass is 16.1. The Morgan fingerprint density at radius 3 is 2.20 bits per heavy atom. The molecule has 0 spiro atoms. The number of hydrogen-bond donors (Lipinski definition) is 1. The van der Waals surface area contributed by atoms with Crippen LogP contribution >= 0.6 is 0 Å². The van der Waals surface area contributed by atoms with Gasteiger partial charge in [-0.15, -0.1) is 0 Å². The third kappa shape index (κ3) is 5.78. The summed E-state index contributed by atoms with van der Waals surface area (Å²) in [5, 5.41) is 2.98. The SMILES string of the molecule is CCC(CC(C)N(C)C)C(C)NC(C)=O. The summed E-state index contributed by atoms with van der Waals surface area (Å²) in [6, 6.07) is 0.834. The summed E-state index contributed by atoms with van der Waals surface area (Å²) < 4.78 is 0. The van der Waals surface area contributed by atoms with Crippen molar-refractivity contribution in [3.63, 3.8) is 0 Å². The van der Waals surface area contributed by atoms with E-state index < -0.39 is 0 Å². The Kier molecular flexibility index (Phi) is 6.57. The van der Waals surface area contributed by atoms with E-state index in [1.165, 1.54) is 0 Å². The van der Waals surface area contributed by atoms with Gasteiger partial charge < -0.3 is 10.2 Å². The van der Waals surface area contributed by atoms with Crippen molar-refractivity contribution < 1.29 is 4.79 Å². The zero-order chi connectivity index (χ0) is 12.0. The van der Waals surface area contributed by atoms with Gasteiger partial charge in [-0.25, -0.2) is 0 Å². The van der Waals surface area contributed by atoms with Gasteiger partial charge in [0.05, 0.1) is 0 Å². The van der Waals surface area contributed by atoms with Gasteiger partial charge in [0.25, 0.3) is 0 Å². The minimum atomic E-state index is 0.0680. The van der Waals surface area contributed by atoms with Crippen molar-refractivity contribution in [2.45, 2.75) is 52.6 Å². The molecule has 0 saturated heterocycles. The predicted octanol–water partition coefficient (Wildman–Crippen LogP) is 1.88. The van der Waals surface area contributed by atoms with E-state index in [-0.39, 0.29) is 11.9 Å². The summed E-state index contributed by atoms with van der Waals surface area (Å²) in [5.74, 6) is 0.629. The summed E-state index contributed by atoms with van der Waals surface area (Å²) in [7, 11) is 4.20. The van der Waals surface area contributed by atoms with E-state index in [0.717, 1.165) is 12.8 Å². The van der Waals surface area contributed by atoms with E-state index in [1.54, 1.807) is 6.92 Å². The van der Waals surface area contributed by atoms with Crippen molar-refractivity contribution in [2.75, 3.05) is 14.1 Å². The fourth-order valence-electron chi connectivity index (χ4n) is 1.81. The van der Waals surface area contributed by atoms with Crippen LogP contribution in [-0.2, 0) is 4.79 Å². The van der Waals surface area contributed by atoms with Crippen LogP contribution in [0.3, 0.4) is 0 Å². The molecule has 3 atom stereocenters. The average molecular weight is 214 g/mol. The molecule has 3 nitrogen and oxygen atoms in total. The Morgan fingerprint density at radius 1 is 1.33 bits per heavy atom. The number of nitrogens with one attached hydrogen (secondary N) is 1. The van der Waals surface area contributed by atoms with Crippen molar-refractivity contribution in [3.05, 3.63) is 0 Å². The molecule has 0 bridgehead atoms. The summed E-state index contributed by atoms with van der Waals surface area (Å²) >= 11 is 0. The molecule has 0 aliphatic heterocycles. The second kappa shape index (κ2) is 6.83. The molecule has 90 valence electrons. The first-order valence-corrected chi connectivity index (χ1v) is 5.82. The van der Waals surface area contributed by atoms with Gasteiger partial charge in [0.2, 0.25) is 5.91 Å². The number of rotatable bonds is 6. The van der Waals surface area contributed by atoms with Gasteiger partial charge in [-0.2, -0.15) is 0 Å². The molecule has 0 fully saturated rings. The number of carbonyl (C=O) groups is 1. The highest BCUT2D eigenvalue weighted by Crippen LogP contribution is 2.17. The maximum Gasteiger partial charge on any atom is 0.217 e. The number of hydrogen-bond acceptors (Lipinski definition) is 2. The molecule has 0 aromatic heterocycles. The average Bonchev–Trinajstić information content (AvgIpc) is 2.11. The van der Waals surface area contributed by atoms with Crippen molar-refractivity contribution in [2.24, 2.45) is 5.92 Å². The zero-order valence-corrected chi connectivity index (χ0v) is 11.0. The molecule has 0 heterocycles. The van der Waals surface area contributed by atoms with Crippen molar-refractivity contribution in [3.8, 4) is 0 Å². The van der Waals surface area contributed by atoms with E-state index in [9.17, 15) is 4.79 Å². The molecular weight excluding hydrogens is 188 g/mol. The van der Waals surface area contributed by atoms with Crippen LogP contribution < -0.4 is 5.32 Å². The van der Waals surface area contributed by atoms with Gasteiger partial charge in [-0.1, -0.05) is 13.3 Å². The minimum Gasteiger partial charge on any atom is -0.354 e. The molecule has 0 radical (unpaired) electrons. The molecule has 0 aromatic rings. The van der Waals surface area contributed by atoms with Gasteiger partial charge in [0, 0.05) is 19.0 Å². The Morgan fingerprint density at radius 2 is 1.87 bits per heavy atom. The molecule has 1 amide bonds. The smallest absolute Gasteiger partial charge is 0.217 e. The lowest BCUT2D eigenvalue weighted by atomic mass is 9.91. The van der Waals surface area contributed by atoms with Crippen LogP contribution in [0, 0.1) is 5.92 Å². The van der Waals surface area contributed by atoms with Crippen LogP contribution in [0.5, 0.6) is 0 Å². The maximum atomic E-state index is 11.0. The molecule has 0 aromatic carbocycles. The summed E-state index contributed by atoms with van der Waals surface area (Å²) in [5.41, 5.74) is 0. The van der Waals surface area contributed by atoms with Gasteiger partial charge in [-0.3, -0.25) is 4.79 Å². The third-order valence-electron chi connectivity index (χ3n) is 3.19. The molecule has 3 unspecified atom stereocenters. The summed E-state index contributed by atoms with van der Waals surface area (Å²) in [6.07, 6.45) is 2.24. The lowest BCUT2D eigenvalue weighted by Crippen LogP contribution is -2.39. The van der Waals surface area contributed by atoms with Gasteiger partial charge in [0.1, 0.15) is 0 Å². The second-order valence-electron chi connectivity index (χ2n) is 4.71. The van der Waals surface area contributed by atoms with Crippen molar-refractivity contribution in [1.82, 2.24) is 10.2 Å². The molecule has 0 rings (SSSR count). The molecule has 0 saturated carbocycles. The lowest BCUT2D eigenvalue weighted by molar-refractivity contribution is -0.119. The van der Waals surface area contributed by atoms with Crippen LogP contribution in [-0.4, -0.2) is 37.0 Å². The molecule has 1 N–H and O–H groups in total. The van der Waals surface area contributed by atoms with Crippen LogP contribution in [0.15, 0.2) is 0 Å². The minimum absolute atomic E-state index is 0.0680. The van der Waals surface area contributed by atoms with E-state index in [2.05, 4.69) is 45.1 Å². The first-order valence-electron chi connectivity index (χ1n) is 5.82. The number of nitrogens with zero attached hydrogens (tertiary/aromatic N) is 1. The molecule has 15 heavy (non-hydrogen) atoms. The lowest BCUT2D eigenvalue weighted by Gasteiger charge is -2.29. The first kappa shape index (κ1) is 14.4. The topological polar surface area (TPSA) is 32.3 Å². The second-order valence-corrected chi connectivity index (χ2v) is 4.71. The fraction of sp³-hybridized carbons (Fsp3) is 0.917. The van der Waals surface area contributed by atoms with Gasteiger partial charge in [-0.05, 0) is 40.3 Å². The van der Waals surface area contributed by atoms with Crippen molar-refractivity contribution >= 4 is 5.91 Å². The van der Waals surface area contributed by atoms with E-state index in [1.807, 2.05) is 0 Å². The molecular formula is C12H26N2O. The molecule has 3 heteroatoms. The van der Waals surface area contributed by atoms with E-state index in [4.69, 9.17) is 0 Å². The van der Waals surface area contributed by atoms with Crippen molar-refractivity contribution in [1.29, 1.82) is 0 Å². The van der Waals surface area contributed by atoms with Gasteiger partial charge in [0.15, 0.2) is 0 Å². The number of amides is 1. The highest BCUT2D eigenvalue weighted by molar-refractivity contribution is 5.73. The largest absolute Gasteiger partial charge is 0.354 e. The normalized spacial score (nSPS) is 17.3. The fourth-order valence-corrected chi connectivity index (χ4v) is 1.81. The quantitative estimate of drug-likeness (QED) is 0.732. The highest BCUT2D eigenvalue weighted by Gasteiger charge is 2.19. The predicted molar refractivity (Wildman–Crippen MR) is 64.8 cm³/mol.